The minimum absolute atomic E-state index is 0.209. The molecule has 0 fully saturated rings. The first-order valence-corrected chi connectivity index (χ1v) is 4.79. The van der Waals surface area contributed by atoms with Crippen LogP contribution in [-0.2, 0) is 6.54 Å². The molecule has 14 heavy (non-hydrogen) atoms. The molecule has 0 atom stereocenters. The van der Waals surface area contributed by atoms with Crippen molar-refractivity contribution in [1.29, 1.82) is 0 Å². The molecule has 0 radical (unpaired) electrons. The van der Waals surface area contributed by atoms with Crippen LogP contribution >= 0.6 is 15.9 Å². The predicted octanol–water partition coefficient (Wildman–Crippen LogP) is 3.10. The van der Waals surface area contributed by atoms with Crippen LogP contribution in [0, 0.1) is 0 Å². The summed E-state index contributed by atoms with van der Waals surface area (Å²) in [7, 11) is 0. The molecule has 0 amide bonds. The van der Waals surface area contributed by atoms with E-state index in [1.54, 1.807) is 18.2 Å². The summed E-state index contributed by atoms with van der Waals surface area (Å²) in [6, 6.07) is 7.17. The Balaban J connectivity index is 2.43. The summed E-state index contributed by atoms with van der Waals surface area (Å²) in [4.78, 5) is 0. The van der Waals surface area contributed by atoms with Crippen molar-refractivity contribution < 1.29 is 13.2 Å². The van der Waals surface area contributed by atoms with E-state index >= 15 is 0 Å². The molecule has 5 heteroatoms. The van der Waals surface area contributed by atoms with Crippen LogP contribution in [0.3, 0.4) is 0 Å². The molecule has 0 aliphatic heterocycles. The van der Waals surface area contributed by atoms with Gasteiger partial charge < -0.3 is 5.32 Å². The van der Waals surface area contributed by atoms with Gasteiger partial charge in [-0.1, -0.05) is 34.1 Å². The number of hydrogen-bond acceptors (Lipinski definition) is 1. The van der Waals surface area contributed by atoms with Gasteiger partial charge in [-0.25, -0.2) is 0 Å². The average molecular weight is 268 g/mol. The van der Waals surface area contributed by atoms with Crippen LogP contribution in [0.5, 0.6) is 0 Å². The molecule has 1 N–H and O–H groups in total. The Morgan fingerprint density at radius 1 is 1.21 bits per heavy atom. The van der Waals surface area contributed by atoms with Gasteiger partial charge in [-0.2, -0.15) is 13.2 Å². The molecule has 0 bridgehead atoms. The minimum atomic E-state index is -4.15. The zero-order valence-electron chi connectivity index (χ0n) is 7.24. The molecule has 1 nitrogen and oxygen atoms in total. The molecular weight excluding hydrogens is 259 g/mol. The second-order valence-electron chi connectivity index (χ2n) is 2.81. The van der Waals surface area contributed by atoms with E-state index in [0.29, 0.717) is 0 Å². The van der Waals surface area contributed by atoms with E-state index in [2.05, 4.69) is 21.2 Å². The van der Waals surface area contributed by atoms with Gasteiger partial charge in [0.2, 0.25) is 0 Å². The standard InChI is InChI=1S/C9H9BrF3N/c10-8-4-2-1-3-7(8)5-14-6-9(11,12)13/h1-4,14H,5-6H2. The van der Waals surface area contributed by atoms with Gasteiger partial charge in [0.1, 0.15) is 0 Å². The third-order valence-corrected chi connectivity index (χ3v) is 2.37. The van der Waals surface area contributed by atoms with E-state index in [4.69, 9.17) is 0 Å². The number of rotatable bonds is 3. The van der Waals surface area contributed by atoms with Gasteiger partial charge >= 0.3 is 6.18 Å². The number of nitrogens with one attached hydrogen (secondary N) is 1. The van der Waals surface area contributed by atoms with Gasteiger partial charge in [0, 0.05) is 11.0 Å². The zero-order valence-corrected chi connectivity index (χ0v) is 8.82. The Labute approximate surface area is 88.4 Å². The normalized spacial score (nSPS) is 11.7. The maximum absolute atomic E-state index is 11.8. The molecule has 1 aromatic rings. The molecule has 1 rings (SSSR count). The maximum atomic E-state index is 11.8. The molecule has 0 aliphatic carbocycles. The lowest BCUT2D eigenvalue weighted by atomic mass is 10.2. The Bertz CT molecular complexity index is 298. The van der Waals surface area contributed by atoms with Crippen LogP contribution in [0.1, 0.15) is 5.56 Å². The lowest BCUT2D eigenvalue weighted by molar-refractivity contribution is -0.125. The third-order valence-electron chi connectivity index (χ3n) is 1.60. The first-order chi connectivity index (χ1) is 6.49. The second-order valence-corrected chi connectivity index (χ2v) is 3.66. The van der Waals surface area contributed by atoms with Crippen LogP contribution in [0.2, 0.25) is 0 Å². The van der Waals surface area contributed by atoms with Crippen LogP contribution in [-0.4, -0.2) is 12.7 Å². The topological polar surface area (TPSA) is 12.0 Å². The summed E-state index contributed by atoms with van der Waals surface area (Å²) in [5.41, 5.74) is 0.816. The van der Waals surface area contributed by atoms with Crippen molar-refractivity contribution in [2.45, 2.75) is 12.7 Å². The van der Waals surface area contributed by atoms with E-state index < -0.39 is 12.7 Å². The summed E-state index contributed by atoms with van der Waals surface area (Å²) in [6.45, 7) is -0.755. The van der Waals surface area contributed by atoms with E-state index in [-0.39, 0.29) is 6.54 Å². The molecule has 0 heterocycles. The Hall–Kier alpha value is -0.550. The van der Waals surface area contributed by atoms with Gasteiger partial charge in [0.15, 0.2) is 0 Å². The van der Waals surface area contributed by atoms with E-state index in [1.165, 1.54) is 0 Å². The van der Waals surface area contributed by atoms with Crippen LogP contribution in [0.4, 0.5) is 13.2 Å². The van der Waals surface area contributed by atoms with E-state index in [1.807, 2.05) is 6.07 Å². The number of alkyl halides is 3. The van der Waals surface area contributed by atoms with Gasteiger partial charge in [0.25, 0.3) is 0 Å². The summed E-state index contributed by atoms with van der Waals surface area (Å²) in [5.74, 6) is 0. The van der Waals surface area contributed by atoms with Gasteiger partial charge in [-0.3, -0.25) is 0 Å². The fourth-order valence-corrected chi connectivity index (χ4v) is 1.41. The highest BCUT2D eigenvalue weighted by Gasteiger charge is 2.26. The smallest absolute Gasteiger partial charge is 0.305 e. The molecule has 0 aromatic heterocycles. The van der Waals surface area contributed by atoms with E-state index in [9.17, 15) is 13.2 Å². The number of benzene rings is 1. The fourth-order valence-electron chi connectivity index (χ4n) is 0.981. The highest BCUT2D eigenvalue weighted by atomic mass is 79.9. The largest absolute Gasteiger partial charge is 0.401 e. The summed E-state index contributed by atoms with van der Waals surface area (Å²) >= 11 is 3.26. The lowest BCUT2D eigenvalue weighted by Gasteiger charge is -2.08. The Morgan fingerprint density at radius 2 is 1.86 bits per heavy atom. The fraction of sp³-hybridized carbons (Fsp3) is 0.333. The van der Waals surface area contributed by atoms with Crippen LogP contribution < -0.4 is 5.32 Å². The van der Waals surface area contributed by atoms with Gasteiger partial charge in [0.05, 0.1) is 6.54 Å². The van der Waals surface area contributed by atoms with Crippen LogP contribution in [0.15, 0.2) is 28.7 Å². The molecular formula is C9H9BrF3N. The van der Waals surface area contributed by atoms with Crippen molar-refractivity contribution in [2.24, 2.45) is 0 Å². The highest BCUT2D eigenvalue weighted by Crippen LogP contribution is 2.16. The van der Waals surface area contributed by atoms with Crippen molar-refractivity contribution in [2.75, 3.05) is 6.54 Å². The predicted molar refractivity (Wildman–Crippen MR) is 51.9 cm³/mol. The molecule has 0 aliphatic rings. The Morgan fingerprint density at radius 3 is 2.43 bits per heavy atom. The summed E-state index contributed by atoms with van der Waals surface area (Å²) in [5, 5.41) is 2.33. The SMILES string of the molecule is FC(F)(F)CNCc1ccccc1Br. The molecule has 0 saturated heterocycles. The first kappa shape index (κ1) is 11.5. The number of hydrogen-bond donors (Lipinski definition) is 1. The van der Waals surface area contributed by atoms with Crippen molar-refractivity contribution >= 4 is 15.9 Å². The molecule has 1 aromatic carbocycles. The second kappa shape index (κ2) is 4.79. The van der Waals surface area contributed by atoms with Crippen molar-refractivity contribution in [1.82, 2.24) is 5.32 Å². The van der Waals surface area contributed by atoms with Gasteiger partial charge in [-0.05, 0) is 11.6 Å². The van der Waals surface area contributed by atoms with Crippen LogP contribution in [0.25, 0.3) is 0 Å². The quantitative estimate of drug-likeness (QED) is 0.888. The average Bonchev–Trinajstić information content (AvgIpc) is 2.06. The maximum Gasteiger partial charge on any atom is 0.401 e. The zero-order chi connectivity index (χ0) is 10.6. The van der Waals surface area contributed by atoms with Crippen molar-refractivity contribution in [3.8, 4) is 0 Å². The summed E-state index contributed by atoms with van der Waals surface area (Å²) in [6.07, 6.45) is -4.15. The molecule has 78 valence electrons. The van der Waals surface area contributed by atoms with E-state index in [0.717, 1.165) is 10.0 Å². The monoisotopic (exact) mass is 267 g/mol. The van der Waals surface area contributed by atoms with Gasteiger partial charge in [-0.15, -0.1) is 0 Å². The van der Waals surface area contributed by atoms with Crippen molar-refractivity contribution in [3.63, 3.8) is 0 Å². The Kier molecular flexibility index (Phi) is 3.95. The third kappa shape index (κ3) is 4.11. The molecule has 0 saturated carbocycles. The first-order valence-electron chi connectivity index (χ1n) is 4.00. The molecule has 0 unspecified atom stereocenters. The van der Waals surface area contributed by atoms with Crippen molar-refractivity contribution in [3.05, 3.63) is 34.3 Å². The lowest BCUT2D eigenvalue weighted by Crippen LogP contribution is -2.28. The minimum Gasteiger partial charge on any atom is -0.305 e. The molecule has 0 spiro atoms. The highest BCUT2D eigenvalue weighted by molar-refractivity contribution is 9.10. The summed E-state index contributed by atoms with van der Waals surface area (Å²) < 4.78 is 36.2. The number of halogens is 4.